The van der Waals surface area contributed by atoms with Crippen LogP contribution >= 0.6 is 11.6 Å². The van der Waals surface area contributed by atoms with Crippen LogP contribution in [-0.4, -0.2) is 19.3 Å². The number of hydrogen-bond acceptors (Lipinski definition) is 3. The highest BCUT2D eigenvalue weighted by Gasteiger charge is 2.50. The molecule has 1 aliphatic carbocycles. The Morgan fingerprint density at radius 2 is 1.94 bits per heavy atom. The minimum absolute atomic E-state index is 0.191. The fourth-order valence-corrected chi connectivity index (χ4v) is 2.74. The molecule has 18 heavy (non-hydrogen) atoms. The van der Waals surface area contributed by atoms with Crippen LogP contribution in [0.25, 0.3) is 0 Å². The number of hydrogen-bond donors (Lipinski definition) is 1. The molecule has 1 aromatic carbocycles. The van der Waals surface area contributed by atoms with Crippen LogP contribution in [0.3, 0.4) is 0 Å². The lowest BCUT2D eigenvalue weighted by molar-refractivity contribution is 0.135. The number of aliphatic hydroxyl groups is 1. The van der Waals surface area contributed by atoms with Gasteiger partial charge >= 0.3 is 0 Å². The van der Waals surface area contributed by atoms with Crippen molar-refractivity contribution in [2.75, 3.05) is 14.2 Å². The normalized spacial score (nSPS) is 22.4. The molecule has 0 aliphatic heterocycles. The van der Waals surface area contributed by atoms with Crippen LogP contribution in [0.4, 0.5) is 0 Å². The van der Waals surface area contributed by atoms with Crippen LogP contribution < -0.4 is 9.47 Å². The highest BCUT2D eigenvalue weighted by atomic mass is 35.5. The minimum Gasteiger partial charge on any atom is -0.495 e. The van der Waals surface area contributed by atoms with Crippen LogP contribution in [0.15, 0.2) is 12.1 Å². The zero-order valence-corrected chi connectivity index (χ0v) is 11.9. The van der Waals surface area contributed by atoms with Gasteiger partial charge in [0.15, 0.2) is 0 Å². The highest BCUT2D eigenvalue weighted by molar-refractivity contribution is 6.33. The molecule has 1 N–H and O–H groups in total. The lowest BCUT2D eigenvalue weighted by Gasteiger charge is -2.18. The molecular weight excluding hydrogens is 252 g/mol. The molecule has 100 valence electrons. The monoisotopic (exact) mass is 270 g/mol. The van der Waals surface area contributed by atoms with Crippen LogP contribution in [0.5, 0.6) is 11.5 Å². The van der Waals surface area contributed by atoms with E-state index in [9.17, 15) is 5.11 Å². The molecule has 2 unspecified atom stereocenters. The Balaban J connectivity index is 2.36. The van der Waals surface area contributed by atoms with Gasteiger partial charge in [-0.25, -0.2) is 0 Å². The summed E-state index contributed by atoms with van der Waals surface area (Å²) in [5.41, 5.74) is 0.926. The average molecular weight is 271 g/mol. The second-order valence-electron chi connectivity index (χ2n) is 5.45. The van der Waals surface area contributed by atoms with Crippen molar-refractivity contribution in [2.24, 2.45) is 11.3 Å². The number of ether oxygens (including phenoxy) is 2. The molecule has 0 saturated heterocycles. The largest absolute Gasteiger partial charge is 0.495 e. The number of halogens is 1. The molecule has 4 heteroatoms. The van der Waals surface area contributed by atoms with Gasteiger partial charge in [-0.05, 0) is 29.9 Å². The maximum absolute atomic E-state index is 10.4. The third-order valence-electron chi connectivity index (χ3n) is 3.81. The molecule has 0 aromatic heterocycles. The van der Waals surface area contributed by atoms with E-state index in [1.54, 1.807) is 20.3 Å². The summed E-state index contributed by atoms with van der Waals surface area (Å²) in [6, 6.07) is 3.58. The maximum atomic E-state index is 10.4. The van der Waals surface area contributed by atoms with E-state index >= 15 is 0 Å². The molecule has 1 aromatic rings. The van der Waals surface area contributed by atoms with Crippen LogP contribution in [0, 0.1) is 11.3 Å². The van der Waals surface area contributed by atoms with Crippen molar-refractivity contribution in [3.05, 3.63) is 22.7 Å². The first-order valence-corrected chi connectivity index (χ1v) is 6.38. The summed E-state index contributed by atoms with van der Waals surface area (Å²) < 4.78 is 10.5. The number of methoxy groups -OCH3 is 2. The Hall–Kier alpha value is -0.930. The van der Waals surface area contributed by atoms with E-state index in [0.29, 0.717) is 16.5 Å². The van der Waals surface area contributed by atoms with E-state index in [1.807, 2.05) is 6.07 Å². The van der Waals surface area contributed by atoms with Crippen molar-refractivity contribution in [1.29, 1.82) is 0 Å². The van der Waals surface area contributed by atoms with Gasteiger partial charge in [0.2, 0.25) is 0 Å². The van der Waals surface area contributed by atoms with Crippen LogP contribution in [0.1, 0.15) is 31.9 Å². The summed E-state index contributed by atoms with van der Waals surface area (Å²) in [6.07, 6.45) is 0.472. The molecule has 3 nitrogen and oxygen atoms in total. The highest BCUT2D eigenvalue weighted by Crippen LogP contribution is 2.59. The van der Waals surface area contributed by atoms with Gasteiger partial charge in [0.25, 0.3) is 0 Å². The molecular formula is C14H19ClO3. The minimum atomic E-state index is -0.543. The molecule has 0 heterocycles. The van der Waals surface area contributed by atoms with Gasteiger partial charge in [-0.3, -0.25) is 0 Å². The SMILES string of the molecule is COc1ccc(C(O)C2CC2(C)C)c(OC)c1Cl. The van der Waals surface area contributed by atoms with Crippen LogP contribution in [-0.2, 0) is 0 Å². The molecule has 1 aliphatic rings. The summed E-state index contributed by atoms with van der Waals surface area (Å²) in [6.45, 7) is 4.30. The lowest BCUT2D eigenvalue weighted by atomic mass is 9.98. The van der Waals surface area contributed by atoms with E-state index < -0.39 is 6.10 Å². The third kappa shape index (κ3) is 2.17. The summed E-state index contributed by atoms with van der Waals surface area (Å²) >= 11 is 6.19. The van der Waals surface area contributed by atoms with Crippen molar-refractivity contribution < 1.29 is 14.6 Å². The van der Waals surface area contributed by atoms with Crippen molar-refractivity contribution in [1.82, 2.24) is 0 Å². The predicted octanol–water partition coefficient (Wildman–Crippen LogP) is 3.44. The predicted molar refractivity (Wildman–Crippen MR) is 71.4 cm³/mol. The van der Waals surface area contributed by atoms with Gasteiger partial charge in [0, 0.05) is 5.56 Å². The molecule has 1 saturated carbocycles. The second-order valence-corrected chi connectivity index (χ2v) is 5.83. The van der Waals surface area contributed by atoms with Crippen molar-refractivity contribution >= 4 is 11.6 Å². The smallest absolute Gasteiger partial charge is 0.147 e. The van der Waals surface area contributed by atoms with Gasteiger partial charge in [-0.1, -0.05) is 25.4 Å². The topological polar surface area (TPSA) is 38.7 Å². The first-order valence-electron chi connectivity index (χ1n) is 6.01. The summed E-state index contributed by atoms with van der Waals surface area (Å²) in [7, 11) is 3.11. The van der Waals surface area contributed by atoms with Gasteiger partial charge in [-0.15, -0.1) is 0 Å². The van der Waals surface area contributed by atoms with Gasteiger partial charge in [-0.2, -0.15) is 0 Å². The number of benzene rings is 1. The molecule has 2 atom stereocenters. The Labute approximate surface area is 113 Å². The summed E-state index contributed by atoms with van der Waals surface area (Å²) in [4.78, 5) is 0. The van der Waals surface area contributed by atoms with Gasteiger partial charge < -0.3 is 14.6 Å². The van der Waals surface area contributed by atoms with E-state index in [2.05, 4.69) is 13.8 Å². The fourth-order valence-electron chi connectivity index (χ4n) is 2.41. The number of rotatable bonds is 4. The van der Waals surface area contributed by atoms with E-state index in [-0.39, 0.29) is 11.3 Å². The molecule has 1 fully saturated rings. The summed E-state index contributed by atoms with van der Waals surface area (Å²) in [5, 5.41) is 10.8. The quantitative estimate of drug-likeness (QED) is 0.911. The molecule has 0 bridgehead atoms. The maximum Gasteiger partial charge on any atom is 0.147 e. The standard InChI is InChI=1S/C14H19ClO3/c1-14(2)7-9(14)12(16)8-5-6-10(17-3)11(15)13(8)18-4/h5-6,9,12,16H,7H2,1-4H3. The molecule has 2 rings (SSSR count). The Bertz CT molecular complexity index is 457. The zero-order chi connectivity index (χ0) is 13.5. The van der Waals surface area contributed by atoms with Crippen LogP contribution in [0.2, 0.25) is 5.02 Å². The van der Waals surface area contributed by atoms with Crippen molar-refractivity contribution in [2.45, 2.75) is 26.4 Å². The third-order valence-corrected chi connectivity index (χ3v) is 4.16. The Morgan fingerprint density at radius 1 is 1.33 bits per heavy atom. The molecule has 0 radical (unpaired) electrons. The Kier molecular flexibility index (Phi) is 3.47. The van der Waals surface area contributed by atoms with Gasteiger partial charge in [0.1, 0.15) is 16.5 Å². The first-order chi connectivity index (χ1) is 8.42. The first kappa shape index (κ1) is 13.5. The fraction of sp³-hybridized carbons (Fsp3) is 0.571. The Morgan fingerprint density at radius 3 is 2.39 bits per heavy atom. The van der Waals surface area contributed by atoms with E-state index in [4.69, 9.17) is 21.1 Å². The summed E-state index contributed by atoms with van der Waals surface area (Å²) in [5.74, 6) is 1.32. The van der Waals surface area contributed by atoms with Crippen molar-refractivity contribution in [3.8, 4) is 11.5 Å². The number of aliphatic hydroxyl groups excluding tert-OH is 1. The van der Waals surface area contributed by atoms with Gasteiger partial charge in [0.05, 0.1) is 20.3 Å². The second kappa shape index (κ2) is 4.63. The zero-order valence-electron chi connectivity index (χ0n) is 11.2. The molecule has 0 spiro atoms. The lowest BCUT2D eigenvalue weighted by Crippen LogP contribution is -2.07. The van der Waals surface area contributed by atoms with E-state index in [1.165, 1.54) is 0 Å². The average Bonchev–Trinajstić information content (AvgIpc) is 2.97. The molecule has 0 amide bonds. The van der Waals surface area contributed by atoms with Crippen molar-refractivity contribution in [3.63, 3.8) is 0 Å². The van der Waals surface area contributed by atoms with E-state index in [0.717, 1.165) is 12.0 Å².